The zero-order valence-electron chi connectivity index (χ0n) is 13.5. The summed E-state index contributed by atoms with van der Waals surface area (Å²) in [5, 5.41) is 3.43. The van der Waals surface area contributed by atoms with Gasteiger partial charge in [-0.1, -0.05) is 17.7 Å². The maximum atomic E-state index is 11.9. The van der Waals surface area contributed by atoms with Gasteiger partial charge in [-0.15, -0.1) is 0 Å². The van der Waals surface area contributed by atoms with Gasteiger partial charge in [0, 0.05) is 24.9 Å². The van der Waals surface area contributed by atoms with Crippen LogP contribution in [0.5, 0.6) is 0 Å². The van der Waals surface area contributed by atoms with Crippen molar-refractivity contribution in [2.75, 3.05) is 19.0 Å². The van der Waals surface area contributed by atoms with E-state index in [2.05, 4.69) is 20.3 Å². The molecular formula is C17H19ClN4O2. The lowest BCUT2D eigenvalue weighted by Crippen LogP contribution is -2.13. The average Bonchev–Trinajstić information content (AvgIpc) is 3.45. The molecule has 24 heavy (non-hydrogen) atoms. The van der Waals surface area contributed by atoms with Gasteiger partial charge in [-0.25, -0.2) is 14.8 Å². The number of hydrogen-bond acceptors (Lipinski definition) is 6. The first-order valence-corrected chi connectivity index (χ1v) is 8.35. The summed E-state index contributed by atoms with van der Waals surface area (Å²) >= 11 is 6.28. The number of carbonyl (C=O) groups excluding carboxylic acids is 1. The van der Waals surface area contributed by atoms with Gasteiger partial charge in [0.25, 0.3) is 0 Å². The third kappa shape index (κ3) is 4.00. The molecule has 0 atom stereocenters. The second-order valence-electron chi connectivity index (χ2n) is 5.75. The molecule has 0 bridgehead atoms. The Kier molecular flexibility index (Phi) is 5.25. The van der Waals surface area contributed by atoms with Gasteiger partial charge >= 0.3 is 5.97 Å². The molecular weight excluding hydrogens is 328 g/mol. The van der Waals surface area contributed by atoms with Gasteiger partial charge in [0.05, 0.1) is 7.11 Å². The quantitative estimate of drug-likeness (QED) is 0.612. The Bertz CT molecular complexity index is 720. The number of nitrogens with one attached hydrogen (secondary N) is 1. The molecule has 0 spiro atoms. The Morgan fingerprint density at radius 2 is 2.25 bits per heavy atom. The Morgan fingerprint density at radius 3 is 2.92 bits per heavy atom. The molecule has 3 rings (SSSR count). The van der Waals surface area contributed by atoms with Gasteiger partial charge in [0.2, 0.25) is 0 Å². The summed E-state index contributed by atoms with van der Waals surface area (Å²) in [5.41, 5.74) is 1.31. The van der Waals surface area contributed by atoms with Crippen molar-refractivity contribution in [1.82, 2.24) is 15.0 Å². The number of nitrogens with zero attached hydrogens (tertiary/aromatic N) is 3. The fraction of sp³-hybridized carbons (Fsp3) is 0.412. The van der Waals surface area contributed by atoms with Crippen LogP contribution in [0.15, 0.2) is 24.5 Å². The number of pyridine rings is 1. The van der Waals surface area contributed by atoms with E-state index >= 15 is 0 Å². The summed E-state index contributed by atoms with van der Waals surface area (Å²) in [5.74, 6) is 0.944. The van der Waals surface area contributed by atoms with Crippen LogP contribution in [0, 0.1) is 0 Å². The molecule has 2 aromatic heterocycles. The zero-order valence-corrected chi connectivity index (χ0v) is 14.2. The highest BCUT2D eigenvalue weighted by atomic mass is 35.5. The molecule has 7 heteroatoms. The maximum absolute atomic E-state index is 11.9. The lowest BCUT2D eigenvalue weighted by molar-refractivity contribution is 0.0593. The lowest BCUT2D eigenvalue weighted by atomic mass is 10.1. The smallest absolute Gasteiger partial charge is 0.358 e. The minimum atomic E-state index is -0.539. The molecule has 2 heterocycles. The molecule has 1 aliphatic rings. The van der Waals surface area contributed by atoms with E-state index in [-0.39, 0.29) is 10.7 Å². The van der Waals surface area contributed by atoms with Crippen LogP contribution in [-0.4, -0.2) is 34.6 Å². The third-order valence-corrected chi connectivity index (χ3v) is 4.21. The van der Waals surface area contributed by atoms with E-state index in [0.29, 0.717) is 24.1 Å². The van der Waals surface area contributed by atoms with Crippen molar-refractivity contribution < 1.29 is 9.53 Å². The number of ether oxygens (including phenoxy) is 1. The highest BCUT2D eigenvalue weighted by Crippen LogP contribution is 2.39. The third-order valence-electron chi connectivity index (χ3n) is 3.85. The van der Waals surface area contributed by atoms with Crippen LogP contribution < -0.4 is 5.32 Å². The van der Waals surface area contributed by atoms with Crippen molar-refractivity contribution in [3.63, 3.8) is 0 Å². The first-order valence-electron chi connectivity index (χ1n) is 7.97. The summed E-state index contributed by atoms with van der Waals surface area (Å²) in [7, 11) is 1.32. The predicted molar refractivity (Wildman–Crippen MR) is 91.4 cm³/mol. The fourth-order valence-corrected chi connectivity index (χ4v) is 2.61. The largest absolute Gasteiger partial charge is 0.464 e. The summed E-state index contributed by atoms with van der Waals surface area (Å²) < 4.78 is 4.76. The number of esters is 1. The molecule has 0 unspecified atom stereocenters. The molecule has 0 saturated heterocycles. The molecule has 1 saturated carbocycles. The Hall–Kier alpha value is -2.21. The van der Waals surface area contributed by atoms with Crippen molar-refractivity contribution in [1.29, 1.82) is 0 Å². The van der Waals surface area contributed by atoms with Crippen molar-refractivity contribution in [2.24, 2.45) is 0 Å². The van der Waals surface area contributed by atoms with Crippen LogP contribution in [0.1, 0.15) is 47.1 Å². The summed E-state index contributed by atoms with van der Waals surface area (Å²) in [4.78, 5) is 24.7. The molecule has 2 aromatic rings. The molecule has 1 aliphatic carbocycles. The number of halogens is 1. The van der Waals surface area contributed by atoms with E-state index in [4.69, 9.17) is 16.3 Å². The molecule has 0 radical (unpaired) electrons. The Morgan fingerprint density at radius 1 is 1.42 bits per heavy atom. The van der Waals surface area contributed by atoms with Crippen LogP contribution >= 0.6 is 11.6 Å². The van der Waals surface area contributed by atoms with E-state index < -0.39 is 5.97 Å². The molecule has 6 nitrogen and oxygen atoms in total. The topological polar surface area (TPSA) is 77.0 Å². The summed E-state index contributed by atoms with van der Waals surface area (Å²) in [6, 6.07) is 3.97. The minimum Gasteiger partial charge on any atom is -0.464 e. The summed E-state index contributed by atoms with van der Waals surface area (Å²) in [6.45, 7) is 0.691. The van der Waals surface area contributed by atoms with Crippen LogP contribution in [0.25, 0.3) is 0 Å². The van der Waals surface area contributed by atoms with E-state index in [0.717, 1.165) is 25.7 Å². The monoisotopic (exact) mass is 346 g/mol. The van der Waals surface area contributed by atoms with Gasteiger partial charge < -0.3 is 10.1 Å². The summed E-state index contributed by atoms with van der Waals surface area (Å²) in [6.07, 6.45) is 7.51. The van der Waals surface area contributed by atoms with Gasteiger partial charge in [-0.2, -0.15) is 0 Å². The van der Waals surface area contributed by atoms with E-state index in [1.54, 1.807) is 6.20 Å². The van der Waals surface area contributed by atoms with E-state index in [1.807, 2.05) is 18.3 Å². The van der Waals surface area contributed by atoms with Crippen LogP contribution in [-0.2, 0) is 11.2 Å². The number of hydrogen-bond donors (Lipinski definition) is 1. The number of anilines is 1. The zero-order chi connectivity index (χ0) is 16.9. The SMILES string of the molecule is COC(=O)c1nc(C2CC2)nc(NCCCc2cccnc2)c1Cl. The second-order valence-corrected chi connectivity index (χ2v) is 6.13. The van der Waals surface area contributed by atoms with Gasteiger partial charge in [-0.3, -0.25) is 4.98 Å². The molecule has 1 fully saturated rings. The van der Waals surface area contributed by atoms with E-state index in [1.165, 1.54) is 12.7 Å². The molecule has 1 N–H and O–H groups in total. The highest BCUT2D eigenvalue weighted by Gasteiger charge is 2.30. The van der Waals surface area contributed by atoms with Crippen molar-refractivity contribution in [2.45, 2.75) is 31.6 Å². The number of methoxy groups -OCH3 is 1. The second kappa shape index (κ2) is 7.57. The minimum absolute atomic E-state index is 0.130. The fourth-order valence-electron chi connectivity index (χ4n) is 2.38. The standard InChI is InChI=1S/C17H19ClN4O2/c1-24-17(23)14-13(18)16(22-15(21-14)12-6-7-12)20-9-3-5-11-4-2-8-19-10-11/h2,4,8,10,12H,3,5-7,9H2,1H3,(H,20,21,22). The first kappa shape index (κ1) is 16.6. The van der Waals surface area contributed by atoms with Gasteiger partial charge in [0.15, 0.2) is 5.69 Å². The number of aromatic nitrogens is 3. The van der Waals surface area contributed by atoms with Crippen LogP contribution in [0.3, 0.4) is 0 Å². The number of carbonyl (C=O) groups is 1. The van der Waals surface area contributed by atoms with Crippen LogP contribution in [0.2, 0.25) is 5.02 Å². The normalized spacial score (nSPS) is 13.6. The Balaban J connectivity index is 1.67. The molecule has 0 amide bonds. The highest BCUT2D eigenvalue weighted by molar-refractivity contribution is 6.35. The van der Waals surface area contributed by atoms with Gasteiger partial charge in [-0.05, 0) is 37.3 Å². The Labute approximate surface area is 145 Å². The average molecular weight is 347 g/mol. The van der Waals surface area contributed by atoms with Crippen molar-refractivity contribution in [3.8, 4) is 0 Å². The van der Waals surface area contributed by atoms with Crippen LogP contribution in [0.4, 0.5) is 5.82 Å². The lowest BCUT2D eigenvalue weighted by Gasteiger charge is -2.11. The maximum Gasteiger partial charge on any atom is 0.358 e. The van der Waals surface area contributed by atoms with Crippen molar-refractivity contribution >= 4 is 23.4 Å². The number of aryl methyl sites for hydroxylation is 1. The van der Waals surface area contributed by atoms with E-state index in [9.17, 15) is 4.79 Å². The first-order chi connectivity index (χ1) is 11.7. The number of rotatable bonds is 7. The van der Waals surface area contributed by atoms with Crippen molar-refractivity contribution in [3.05, 3.63) is 46.6 Å². The predicted octanol–water partition coefficient (Wildman–Crippen LogP) is 3.23. The van der Waals surface area contributed by atoms with Gasteiger partial charge in [0.1, 0.15) is 16.7 Å². The molecule has 0 aliphatic heterocycles. The molecule has 0 aromatic carbocycles. The molecule has 126 valence electrons.